The van der Waals surface area contributed by atoms with Gasteiger partial charge in [-0.2, -0.15) is 0 Å². The van der Waals surface area contributed by atoms with E-state index in [0.717, 1.165) is 51.9 Å². The van der Waals surface area contributed by atoms with Gasteiger partial charge in [0.25, 0.3) is 5.79 Å². The van der Waals surface area contributed by atoms with Crippen LogP contribution in [0.1, 0.15) is 226 Å². The van der Waals surface area contributed by atoms with E-state index in [9.17, 15) is 75.7 Å². The molecule has 23 nitrogen and oxygen atoms in total. The lowest BCUT2D eigenvalue weighted by Gasteiger charge is -2.50. The second-order valence-electron chi connectivity index (χ2n) is 23.6. The SMILES string of the molecule is CCCCCCCCCCCCCCCCCCCCCC(=O)NC(COC1OC(CO)C(OC2OC(CO)C(O)C(OC3(C(=O)O)CC(O)C(NC(C)=O)C(C(O)C(O)CO)O3)C2O)C(O)C1O)C(O)CCCCCCCCCCCC. The third-order valence-corrected chi connectivity index (χ3v) is 16.6. The van der Waals surface area contributed by atoms with Crippen LogP contribution < -0.4 is 10.6 Å². The standard InChI is InChI=1S/C60H112N2O21/c1-4-6-8-10-12-14-16-17-18-19-20-21-22-23-24-26-28-30-32-34-47(70)62-41(42(67)33-31-29-27-25-15-13-11-9-7-5-2)39-78-57-52(74)51(73)54(46(38-65)80-57)81-58-53(75)56(50(72)45(37-64)79-58)83-60(59(76)77)35-43(68)48(61-40(3)66)55(82-60)49(71)44(69)36-63/h41-46,48-58,63-65,67-69,71-75H,4-39H2,1-3H3,(H,61,66)(H,62,70)(H,76,77). The smallest absolute Gasteiger partial charge is 0.364 e. The van der Waals surface area contributed by atoms with Crippen LogP contribution in [-0.2, 0) is 42.8 Å². The zero-order valence-corrected chi connectivity index (χ0v) is 50.3. The van der Waals surface area contributed by atoms with Crippen LogP contribution in [0.15, 0.2) is 0 Å². The molecule has 488 valence electrons. The van der Waals surface area contributed by atoms with Crippen molar-refractivity contribution in [2.24, 2.45) is 0 Å². The van der Waals surface area contributed by atoms with Gasteiger partial charge in [-0.3, -0.25) is 9.59 Å². The van der Waals surface area contributed by atoms with Crippen LogP contribution in [0.4, 0.5) is 0 Å². The summed E-state index contributed by atoms with van der Waals surface area (Å²) < 4.78 is 34.7. The number of nitrogens with one attached hydrogen (secondary N) is 2. The first-order valence-corrected chi connectivity index (χ1v) is 31.9. The van der Waals surface area contributed by atoms with E-state index in [1.807, 2.05) is 0 Å². The van der Waals surface area contributed by atoms with E-state index in [2.05, 4.69) is 24.5 Å². The molecule has 0 radical (unpaired) electrons. The van der Waals surface area contributed by atoms with E-state index in [1.54, 1.807) is 0 Å². The largest absolute Gasteiger partial charge is 0.477 e. The molecular formula is C60H112N2O21. The number of carbonyl (C=O) groups excluding carboxylic acids is 2. The topological polar surface area (TPSA) is 373 Å². The van der Waals surface area contributed by atoms with Gasteiger partial charge in [-0.1, -0.05) is 194 Å². The summed E-state index contributed by atoms with van der Waals surface area (Å²) in [6, 6.07) is -2.52. The van der Waals surface area contributed by atoms with E-state index >= 15 is 0 Å². The maximum Gasteiger partial charge on any atom is 0.364 e. The molecule has 0 saturated carbocycles. The van der Waals surface area contributed by atoms with Crippen molar-refractivity contribution in [2.75, 3.05) is 26.4 Å². The number of rotatable bonds is 47. The van der Waals surface area contributed by atoms with Crippen molar-refractivity contribution in [1.82, 2.24) is 10.6 Å². The average molecular weight is 1200 g/mol. The minimum Gasteiger partial charge on any atom is -0.477 e. The lowest BCUT2D eigenvalue weighted by Crippen LogP contribution is -2.70. The number of hydrogen-bond acceptors (Lipinski definition) is 20. The highest BCUT2D eigenvalue weighted by molar-refractivity contribution is 5.77. The Morgan fingerprint density at radius 1 is 0.578 bits per heavy atom. The van der Waals surface area contributed by atoms with Gasteiger partial charge in [0.05, 0.1) is 50.7 Å². The molecule has 18 unspecified atom stereocenters. The maximum atomic E-state index is 13.4. The van der Waals surface area contributed by atoms with Gasteiger partial charge in [-0.05, 0) is 12.8 Å². The number of unbranched alkanes of at least 4 members (excludes halogenated alkanes) is 27. The number of amides is 2. The number of carboxylic acid groups (broad SMARTS) is 1. The van der Waals surface area contributed by atoms with Gasteiger partial charge >= 0.3 is 5.97 Å². The molecule has 0 aromatic rings. The van der Waals surface area contributed by atoms with E-state index in [1.165, 1.54) is 128 Å². The summed E-state index contributed by atoms with van der Waals surface area (Å²) >= 11 is 0. The Labute approximate surface area is 493 Å². The van der Waals surface area contributed by atoms with Crippen LogP contribution in [0.2, 0.25) is 0 Å². The molecule has 0 spiro atoms. The molecule has 3 rings (SSSR count). The van der Waals surface area contributed by atoms with Crippen molar-refractivity contribution in [3.63, 3.8) is 0 Å². The number of ether oxygens (including phenoxy) is 6. The first kappa shape index (κ1) is 75.0. The third-order valence-electron chi connectivity index (χ3n) is 16.6. The highest BCUT2D eigenvalue weighted by Crippen LogP contribution is 2.38. The zero-order chi connectivity index (χ0) is 61.2. The van der Waals surface area contributed by atoms with Crippen molar-refractivity contribution in [3.05, 3.63) is 0 Å². The van der Waals surface area contributed by atoms with Gasteiger partial charge < -0.3 is 100 Å². The molecule has 18 atom stereocenters. The molecule has 23 heteroatoms. The number of aliphatic carboxylic acids is 1. The van der Waals surface area contributed by atoms with Gasteiger partial charge in [0.1, 0.15) is 67.1 Å². The molecule has 14 N–H and O–H groups in total. The molecule has 3 aliphatic rings. The summed E-state index contributed by atoms with van der Waals surface area (Å²) in [5.41, 5.74) is 0. The zero-order valence-electron chi connectivity index (χ0n) is 50.3. The molecule has 3 fully saturated rings. The van der Waals surface area contributed by atoms with E-state index < -0.39 is 148 Å². The van der Waals surface area contributed by atoms with Gasteiger partial charge in [0.2, 0.25) is 11.8 Å². The Hall–Kier alpha value is -2.27. The van der Waals surface area contributed by atoms with Gasteiger partial charge in [0.15, 0.2) is 12.6 Å². The van der Waals surface area contributed by atoms with E-state index in [0.29, 0.717) is 19.3 Å². The molecule has 0 aromatic heterocycles. The lowest BCUT2D eigenvalue weighted by atomic mass is 9.88. The summed E-state index contributed by atoms with van der Waals surface area (Å²) in [7, 11) is 0. The minimum atomic E-state index is -3.07. The normalized spacial score (nSPS) is 29.9. The fourth-order valence-corrected chi connectivity index (χ4v) is 11.4. The summed E-state index contributed by atoms with van der Waals surface area (Å²) in [4.78, 5) is 38.4. The monoisotopic (exact) mass is 1200 g/mol. The molecule has 0 aliphatic carbocycles. The Bertz CT molecular complexity index is 1710. The predicted molar refractivity (Wildman–Crippen MR) is 306 cm³/mol. The second-order valence-corrected chi connectivity index (χ2v) is 23.6. The lowest BCUT2D eigenvalue weighted by molar-refractivity contribution is -0.386. The first-order valence-electron chi connectivity index (χ1n) is 31.9. The summed E-state index contributed by atoms with van der Waals surface area (Å²) in [6.45, 7) is 2.17. The molecule has 2 amide bonds. The number of carboxylic acids is 1. The van der Waals surface area contributed by atoms with Crippen molar-refractivity contribution in [1.29, 1.82) is 0 Å². The summed E-state index contributed by atoms with van der Waals surface area (Å²) in [5.74, 6) is -6.10. The number of aliphatic hydroxyl groups is 11. The summed E-state index contributed by atoms with van der Waals surface area (Å²) in [5, 5.41) is 136. The fraction of sp³-hybridized carbons (Fsp3) is 0.950. The highest BCUT2D eigenvalue weighted by atomic mass is 16.8. The second kappa shape index (κ2) is 42.6. The molecule has 83 heavy (non-hydrogen) atoms. The van der Waals surface area contributed by atoms with Crippen molar-refractivity contribution >= 4 is 17.8 Å². The Balaban J connectivity index is 1.61. The van der Waals surface area contributed by atoms with Gasteiger partial charge in [-0.15, -0.1) is 0 Å². The highest BCUT2D eigenvalue weighted by Gasteiger charge is 2.60. The third kappa shape index (κ3) is 26.5. The molecule has 3 saturated heterocycles. The van der Waals surface area contributed by atoms with Crippen LogP contribution in [0.3, 0.4) is 0 Å². The Kier molecular flexibility index (Phi) is 38.5. The molecule has 3 aliphatic heterocycles. The van der Waals surface area contributed by atoms with Crippen LogP contribution in [0.5, 0.6) is 0 Å². The van der Waals surface area contributed by atoms with Crippen molar-refractivity contribution < 1.29 is 104 Å². The van der Waals surface area contributed by atoms with Crippen LogP contribution in [0.25, 0.3) is 0 Å². The maximum absolute atomic E-state index is 13.4. The summed E-state index contributed by atoms with van der Waals surface area (Å²) in [6.07, 6.45) is 5.67. The predicted octanol–water partition coefficient (Wildman–Crippen LogP) is 3.78. The fourth-order valence-electron chi connectivity index (χ4n) is 11.4. The van der Waals surface area contributed by atoms with E-state index in [-0.39, 0.29) is 18.9 Å². The van der Waals surface area contributed by atoms with Crippen LogP contribution in [0, 0.1) is 0 Å². The van der Waals surface area contributed by atoms with Crippen molar-refractivity contribution in [3.8, 4) is 0 Å². The number of aliphatic hydroxyl groups excluding tert-OH is 11. The van der Waals surface area contributed by atoms with Crippen LogP contribution in [-0.4, -0.2) is 215 Å². The number of carbonyl (C=O) groups is 3. The molecule has 3 heterocycles. The quantitative estimate of drug-likeness (QED) is 0.0386. The van der Waals surface area contributed by atoms with Gasteiger partial charge in [-0.25, -0.2) is 4.79 Å². The molecule has 0 aromatic carbocycles. The van der Waals surface area contributed by atoms with Crippen LogP contribution >= 0.6 is 0 Å². The average Bonchev–Trinajstić information content (AvgIpc) is 2.65. The van der Waals surface area contributed by atoms with Gasteiger partial charge in [0, 0.05) is 19.8 Å². The number of hydrogen-bond donors (Lipinski definition) is 14. The Morgan fingerprint density at radius 3 is 1.51 bits per heavy atom. The Morgan fingerprint density at radius 2 is 1.05 bits per heavy atom. The molecule has 0 bridgehead atoms. The minimum absolute atomic E-state index is 0.228. The van der Waals surface area contributed by atoms with E-state index in [4.69, 9.17) is 28.4 Å². The molecular weight excluding hydrogens is 1080 g/mol. The first-order chi connectivity index (χ1) is 39.9. The van der Waals surface area contributed by atoms with Crippen molar-refractivity contribution in [2.45, 2.75) is 336 Å².